The first-order valence-corrected chi connectivity index (χ1v) is 6.48. The molecule has 96 valence electrons. The minimum absolute atomic E-state index is 0.228. The summed E-state index contributed by atoms with van der Waals surface area (Å²) in [5.74, 6) is 0. The highest BCUT2D eigenvalue weighted by Crippen LogP contribution is 2.18. The Morgan fingerprint density at radius 2 is 2.12 bits per heavy atom. The zero-order valence-corrected chi connectivity index (χ0v) is 11.8. The van der Waals surface area contributed by atoms with Gasteiger partial charge in [-0.25, -0.2) is 0 Å². The summed E-state index contributed by atoms with van der Waals surface area (Å²) in [6, 6.07) is 0. The number of hydrogen-bond donors (Lipinski definition) is 1. The van der Waals surface area contributed by atoms with E-state index in [2.05, 4.69) is 24.2 Å². The summed E-state index contributed by atoms with van der Waals surface area (Å²) in [4.78, 5) is 4.40. The van der Waals surface area contributed by atoms with Crippen LogP contribution in [0.3, 0.4) is 0 Å². The molecular formula is C11H24N2O2S. The molecule has 2 atom stereocenters. The third-order valence-corrected chi connectivity index (χ3v) is 3.37. The lowest BCUT2D eigenvalue weighted by Crippen LogP contribution is -2.23. The van der Waals surface area contributed by atoms with Crippen molar-refractivity contribution in [2.24, 2.45) is 4.99 Å². The molecule has 0 heterocycles. The minimum atomic E-state index is 0.228. The van der Waals surface area contributed by atoms with Crippen LogP contribution in [0.5, 0.6) is 0 Å². The number of aliphatic imine (C=N–C) groups is 1. The fourth-order valence-corrected chi connectivity index (χ4v) is 2.14. The van der Waals surface area contributed by atoms with E-state index >= 15 is 0 Å². The van der Waals surface area contributed by atoms with E-state index in [4.69, 9.17) is 9.47 Å². The molecule has 4 nitrogen and oxygen atoms in total. The Bertz CT molecular complexity index is 200. The summed E-state index contributed by atoms with van der Waals surface area (Å²) >= 11 is 1.72. The molecule has 0 saturated carbocycles. The molecule has 0 spiro atoms. The van der Waals surface area contributed by atoms with E-state index in [9.17, 15) is 0 Å². The van der Waals surface area contributed by atoms with Crippen molar-refractivity contribution in [3.63, 3.8) is 0 Å². The number of hydrogen-bond acceptors (Lipinski definition) is 5. The third-order valence-electron chi connectivity index (χ3n) is 2.09. The molecule has 0 amide bonds. The largest absolute Gasteiger partial charge is 0.378 e. The molecule has 0 aliphatic carbocycles. The SMILES string of the molecule is CCO[C@@H](C)C(C)SC(COC)=NCNC. The molecule has 1 unspecified atom stereocenters. The number of nitrogens with one attached hydrogen (secondary N) is 1. The standard InChI is InChI=1S/C11H24N2O2S/c1-6-15-9(2)10(3)16-11(7-14-5)13-8-12-4/h9-10,12H,6-8H2,1-5H3/t9-,10?/m0/s1. The van der Waals surface area contributed by atoms with Crippen LogP contribution in [0.2, 0.25) is 0 Å². The zero-order chi connectivity index (χ0) is 12.4. The van der Waals surface area contributed by atoms with Crippen LogP contribution in [0, 0.1) is 0 Å². The average molecular weight is 248 g/mol. The summed E-state index contributed by atoms with van der Waals surface area (Å²) in [5.41, 5.74) is 0. The first-order valence-electron chi connectivity index (χ1n) is 5.60. The van der Waals surface area contributed by atoms with Gasteiger partial charge in [0.2, 0.25) is 0 Å². The lowest BCUT2D eigenvalue weighted by molar-refractivity contribution is 0.0779. The van der Waals surface area contributed by atoms with Crippen molar-refractivity contribution in [1.29, 1.82) is 0 Å². The van der Waals surface area contributed by atoms with E-state index in [-0.39, 0.29) is 6.10 Å². The normalized spacial score (nSPS) is 16.2. The number of nitrogens with zero attached hydrogens (tertiary/aromatic N) is 1. The topological polar surface area (TPSA) is 42.9 Å². The second kappa shape index (κ2) is 10.1. The molecule has 1 N–H and O–H groups in total. The Kier molecular flexibility index (Phi) is 10.0. The van der Waals surface area contributed by atoms with Gasteiger partial charge in [0.05, 0.1) is 24.4 Å². The van der Waals surface area contributed by atoms with E-state index in [0.29, 0.717) is 18.5 Å². The van der Waals surface area contributed by atoms with Gasteiger partial charge in [0, 0.05) is 19.0 Å². The van der Waals surface area contributed by atoms with Gasteiger partial charge in [-0.1, -0.05) is 6.92 Å². The van der Waals surface area contributed by atoms with Crippen LogP contribution < -0.4 is 5.32 Å². The average Bonchev–Trinajstić information content (AvgIpc) is 2.26. The Morgan fingerprint density at radius 1 is 1.44 bits per heavy atom. The van der Waals surface area contributed by atoms with Gasteiger partial charge in [0.1, 0.15) is 0 Å². The maximum absolute atomic E-state index is 5.55. The smallest absolute Gasteiger partial charge is 0.0953 e. The zero-order valence-electron chi connectivity index (χ0n) is 10.9. The van der Waals surface area contributed by atoms with Gasteiger partial charge in [-0.2, -0.15) is 0 Å². The van der Waals surface area contributed by atoms with Crippen molar-refractivity contribution in [2.45, 2.75) is 32.1 Å². The molecular weight excluding hydrogens is 224 g/mol. The highest BCUT2D eigenvalue weighted by molar-refractivity contribution is 8.14. The summed E-state index contributed by atoms with van der Waals surface area (Å²) in [5, 5.41) is 4.39. The van der Waals surface area contributed by atoms with Crippen LogP contribution >= 0.6 is 11.8 Å². The van der Waals surface area contributed by atoms with Crippen LogP contribution in [0.4, 0.5) is 0 Å². The fourth-order valence-electron chi connectivity index (χ4n) is 1.12. The van der Waals surface area contributed by atoms with Crippen molar-refractivity contribution in [2.75, 3.05) is 34.0 Å². The van der Waals surface area contributed by atoms with Crippen LogP contribution in [-0.2, 0) is 9.47 Å². The summed E-state index contributed by atoms with van der Waals surface area (Å²) in [6.07, 6.45) is 0.228. The van der Waals surface area contributed by atoms with Crippen LogP contribution in [-0.4, -0.2) is 50.4 Å². The first-order chi connectivity index (χ1) is 7.65. The number of thioether (sulfide) groups is 1. The van der Waals surface area contributed by atoms with Gasteiger partial charge in [0.25, 0.3) is 0 Å². The molecule has 0 aromatic rings. The minimum Gasteiger partial charge on any atom is -0.378 e. The lowest BCUT2D eigenvalue weighted by atomic mass is 10.3. The third kappa shape index (κ3) is 7.22. The van der Waals surface area contributed by atoms with Crippen LogP contribution in [0.25, 0.3) is 0 Å². The second-order valence-corrected chi connectivity index (χ2v) is 4.93. The molecule has 0 bridgehead atoms. The fraction of sp³-hybridized carbons (Fsp3) is 0.909. The summed E-state index contributed by atoms with van der Waals surface area (Å²) in [7, 11) is 3.57. The number of rotatable bonds is 8. The quantitative estimate of drug-likeness (QED) is 0.525. The molecule has 0 aliphatic heterocycles. The van der Waals surface area contributed by atoms with Gasteiger partial charge in [0.15, 0.2) is 0 Å². The van der Waals surface area contributed by atoms with E-state index in [1.54, 1.807) is 18.9 Å². The van der Waals surface area contributed by atoms with Crippen LogP contribution in [0.1, 0.15) is 20.8 Å². The predicted molar refractivity (Wildman–Crippen MR) is 71.4 cm³/mol. The molecule has 16 heavy (non-hydrogen) atoms. The van der Waals surface area contributed by atoms with E-state index < -0.39 is 0 Å². The van der Waals surface area contributed by atoms with Gasteiger partial charge in [-0.05, 0) is 20.9 Å². The highest BCUT2D eigenvalue weighted by Gasteiger charge is 2.15. The molecule has 5 heteroatoms. The summed E-state index contributed by atoms with van der Waals surface area (Å²) < 4.78 is 10.7. The number of methoxy groups -OCH3 is 1. The van der Waals surface area contributed by atoms with Crippen molar-refractivity contribution in [1.82, 2.24) is 5.32 Å². The Balaban J connectivity index is 4.15. The van der Waals surface area contributed by atoms with Crippen molar-refractivity contribution in [3.8, 4) is 0 Å². The van der Waals surface area contributed by atoms with E-state index in [1.165, 1.54) is 0 Å². The van der Waals surface area contributed by atoms with Crippen molar-refractivity contribution >= 4 is 16.8 Å². The lowest BCUT2D eigenvalue weighted by Gasteiger charge is -2.20. The van der Waals surface area contributed by atoms with Crippen molar-refractivity contribution < 1.29 is 9.47 Å². The molecule has 0 aliphatic rings. The predicted octanol–water partition coefficient (Wildman–Crippen LogP) is 1.75. The maximum atomic E-state index is 5.55. The Labute approximate surface area is 103 Å². The highest BCUT2D eigenvalue weighted by atomic mass is 32.2. The molecule has 0 aromatic carbocycles. The van der Waals surface area contributed by atoms with Gasteiger partial charge in [-0.3, -0.25) is 4.99 Å². The Morgan fingerprint density at radius 3 is 2.62 bits per heavy atom. The van der Waals surface area contributed by atoms with E-state index in [1.807, 2.05) is 14.0 Å². The molecule has 0 aromatic heterocycles. The molecule has 0 rings (SSSR count). The van der Waals surface area contributed by atoms with Crippen LogP contribution in [0.15, 0.2) is 4.99 Å². The number of ether oxygens (including phenoxy) is 2. The first kappa shape index (κ1) is 15.9. The summed E-state index contributed by atoms with van der Waals surface area (Å²) in [6.45, 7) is 8.19. The second-order valence-electron chi connectivity index (χ2n) is 3.48. The van der Waals surface area contributed by atoms with Gasteiger partial charge >= 0.3 is 0 Å². The van der Waals surface area contributed by atoms with Crippen molar-refractivity contribution in [3.05, 3.63) is 0 Å². The Hall–Kier alpha value is -0.100. The van der Waals surface area contributed by atoms with E-state index in [0.717, 1.165) is 11.7 Å². The monoisotopic (exact) mass is 248 g/mol. The maximum Gasteiger partial charge on any atom is 0.0953 e. The van der Waals surface area contributed by atoms with Gasteiger partial charge in [-0.15, -0.1) is 11.8 Å². The molecule has 0 radical (unpaired) electrons. The molecule has 0 fully saturated rings. The van der Waals surface area contributed by atoms with Gasteiger partial charge < -0.3 is 14.8 Å². The molecule has 0 saturated heterocycles.